The topological polar surface area (TPSA) is 61.9 Å². The van der Waals surface area contributed by atoms with Gasteiger partial charge in [0.1, 0.15) is 5.75 Å². The summed E-state index contributed by atoms with van der Waals surface area (Å²) in [6.07, 6.45) is 2.72. The van der Waals surface area contributed by atoms with E-state index in [2.05, 4.69) is 5.32 Å². The molecule has 0 radical (unpaired) electrons. The number of carbonyl (C=O) groups is 2. The molecule has 2 unspecified atom stereocenters. The number of para-hydroxylation sites is 1. The second-order valence-corrected chi connectivity index (χ2v) is 6.88. The average Bonchev–Trinajstić information content (AvgIpc) is 3.20. The first kappa shape index (κ1) is 20.5. The fourth-order valence-electron chi connectivity index (χ4n) is 3.60. The maximum atomic E-state index is 12.8. The quantitative estimate of drug-likeness (QED) is 0.840. The van der Waals surface area contributed by atoms with E-state index in [1.54, 1.807) is 4.90 Å². The Kier molecular flexibility index (Phi) is 7.72. The summed E-state index contributed by atoms with van der Waals surface area (Å²) in [6, 6.07) is 9.61. The highest BCUT2D eigenvalue weighted by molar-refractivity contribution is 5.85. The molecule has 0 spiro atoms. The summed E-state index contributed by atoms with van der Waals surface area (Å²) in [7, 11) is 1.89. The Balaban J connectivity index is 0.00000243. The molecule has 26 heavy (non-hydrogen) atoms. The zero-order valence-corrected chi connectivity index (χ0v) is 16.0. The Morgan fingerprint density at radius 1 is 1.27 bits per heavy atom. The highest BCUT2D eigenvalue weighted by Gasteiger charge is 2.33. The Labute approximate surface area is 161 Å². The van der Waals surface area contributed by atoms with Gasteiger partial charge in [-0.25, -0.2) is 0 Å². The van der Waals surface area contributed by atoms with Crippen molar-refractivity contribution in [3.05, 3.63) is 30.3 Å². The number of benzene rings is 1. The molecule has 2 fully saturated rings. The third-order valence-electron chi connectivity index (χ3n) is 5.16. The fourth-order valence-corrected chi connectivity index (χ4v) is 3.60. The summed E-state index contributed by atoms with van der Waals surface area (Å²) < 4.78 is 5.55. The lowest BCUT2D eigenvalue weighted by Gasteiger charge is -2.35. The molecule has 1 aromatic rings. The molecule has 6 nitrogen and oxygen atoms in total. The van der Waals surface area contributed by atoms with E-state index in [-0.39, 0.29) is 42.8 Å². The first-order valence-corrected chi connectivity index (χ1v) is 9.08. The van der Waals surface area contributed by atoms with E-state index >= 15 is 0 Å². The van der Waals surface area contributed by atoms with Crippen molar-refractivity contribution < 1.29 is 14.3 Å². The average molecular weight is 382 g/mol. The van der Waals surface area contributed by atoms with Crippen LogP contribution in [0.5, 0.6) is 5.75 Å². The van der Waals surface area contributed by atoms with Gasteiger partial charge in [0.05, 0.1) is 5.92 Å². The number of ether oxygens (including phenoxy) is 1. The van der Waals surface area contributed by atoms with Gasteiger partial charge in [-0.2, -0.15) is 0 Å². The van der Waals surface area contributed by atoms with Crippen molar-refractivity contribution in [3.8, 4) is 5.75 Å². The molecule has 1 N–H and O–H groups in total. The molecule has 7 heteroatoms. The smallest absolute Gasteiger partial charge is 0.260 e. The summed E-state index contributed by atoms with van der Waals surface area (Å²) in [6.45, 7) is 3.06. The Morgan fingerprint density at radius 2 is 2.04 bits per heavy atom. The maximum absolute atomic E-state index is 12.8. The van der Waals surface area contributed by atoms with Gasteiger partial charge in [0.25, 0.3) is 5.91 Å². The third-order valence-corrected chi connectivity index (χ3v) is 5.16. The van der Waals surface area contributed by atoms with Crippen molar-refractivity contribution >= 4 is 24.2 Å². The summed E-state index contributed by atoms with van der Waals surface area (Å²) in [5.41, 5.74) is 0. The number of nitrogens with zero attached hydrogens (tertiary/aromatic N) is 2. The number of likely N-dealkylation sites (tertiary alicyclic amines) is 1. The first-order valence-electron chi connectivity index (χ1n) is 9.08. The zero-order chi connectivity index (χ0) is 17.6. The van der Waals surface area contributed by atoms with Crippen LogP contribution in [0.25, 0.3) is 0 Å². The largest absolute Gasteiger partial charge is 0.484 e. The molecule has 0 aliphatic carbocycles. The molecule has 144 valence electrons. The number of piperidine rings is 1. The van der Waals surface area contributed by atoms with Crippen LogP contribution in [-0.2, 0) is 9.59 Å². The van der Waals surface area contributed by atoms with Crippen LogP contribution >= 0.6 is 12.4 Å². The van der Waals surface area contributed by atoms with Gasteiger partial charge in [0, 0.05) is 32.7 Å². The SMILES string of the molecule is CN(C(=O)C1CCCN(C(=O)COc2ccccc2)C1)C1CCNC1.Cl. The summed E-state index contributed by atoms with van der Waals surface area (Å²) in [4.78, 5) is 28.8. The Morgan fingerprint density at radius 3 is 2.73 bits per heavy atom. The van der Waals surface area contributed by atoms with Crippen molar-refractivity contribution in [2.75, 3.05) is 39.8 Å². The monoisotopic (exact) mass is 381 g/mol. The van der Waals surface area contributed by atoms with Gasteiger partial charge >= 0.3 is 0 Å². The molecule has 3 rings (SSSR count). The van der Waals surface area contributed by atoms with Gasteiger partial charge in [-0.3, -0.25) is 9.59 Å². The highest BCUT2D eigenvalue weighted by atomic mass is 35.5. The van der Waals surface area contributed by atoms with Gasteiger partial charge in [-0.1, -0.05) is 18.2 Å². The number of hydrogen-bond donors (Lipinski definition) is 1. The lowest BCUT2D eigenvalue weighted by Crippen LogP contribution is -2.49. The number of rotatable bonds is 5. The van der Waals surface area contributed by atoms with Crippen LogP contribution in [0.15, 0.2) is 30.3 Å². The van der Waals surface area contributed by atoms with Crippen molar-refractivity contribution in [1.82, 2.24) is 15.1 Å². The predicted molar refractivity (Wildman–Crippen MR) is 103 cm³/mol. The number of nitrogens with one attached hydrogen (secondary N) is 1. The Hall–Kier alpha value is -1.79. The molecular weight excluding hydrogens is 354 g/mol. The lowest BCUT2D eigenvalue weighted by atomic mass is 9.96. The van der Waals surface area contributed by atoms with E-state index < -0.39 is 0 Å². The minimum absolute atomic E-state index is 0. The number of carbonyl (C=O) groups excluding carboxylic acids is 2. The summed E-state index contributed by atoms with van der Waals surface area (Å²) in [5, 5.41) is 3.30. The molecule has 2 atom stereocenters. The molecule has 0 saturated carbocycles. The number of amides is 2. The standard InChI is InChI=1S/C19H27N3O3.ClH/c1-21(16-9-10-20-12-16)19(24)15-6-5-11-22(13-15)18(23)14-25-17-7-3-2-4-8-17;/h2-4,7-8,15-16,20H,5-6,9-14H2,1H3;1H. The molecule has 2 amide bonds. The van der Waals surface area contributed by atoms with Gasteiger partial charge in [0.2, 0.25) is 5.91 Å². The molecular formula is C19H28ClN3O3. The maximum Gasteiger partial charge on any atom is 0.260 e. The van der Waals surface area contributed by atoms with Gasteiger partial charge < -0.3 is 19.9 Å². The van der Waals surface area contributed by atoms with Crippen molar-refractivity contribution in [2.24, 2.45) is 5.92 Å². The van der Waals surface area contributed by atoms with Crippen LogP contribution in [0.3, 0.4) is 0 Å². The van der Waals surface area contributed by atoms with Gasteiger partial charge in [-0.15, -0.1) is 12.4 Å². The van der Waals surface area contributed by atoms with Gasteiger partial charge in [-0.05, 0) is 37.9 Å². The fraction of sp³-hybridized carbons (Fsp3) is 0.579. The second kappa shape index (κ2) is 9.78. The number of likely N-dealkylation sites (N-methyl/N-ethyl adjacent to an activating group) is 1. The van der Waals surface area contributed by atoms with Crippen molar-refractivity contribution in [3.63, 3.8) is 0 Å². The number of halogens is 1. The van der Waals surface area contributed by atoms with Crippen LogP contribution in [-0.4, -0.2) is 67.5 Å². The van der Waals surface area contributed by atoms with E-state index in [9.17, 15) is 9.59 Å². The van der Waals surface area contributed by atoms with E-state index in [4.69, 9.17) is 4.74 Å². The number of hydrogen-bond acceptors (Lipinski definition) is 4. The van der Waals surface area contributed by atoms with Crippen LogP contribution in [0.2, 0.25) is 0 Å². The first-order chi connectivity index (χ1) is 12.1. The van der Waals surface area contributed by atoms with Crippen molar-refractivity contribution in [1.29, 1.82) is 0 Å². The van der Waals surface area contributed by atoms with Crippen LogP contribution in [0.4, 0.5) is 0 Å². The van der Waals surface area contributed by atoms with Crippen LogP contribution in [0.1, 0.15) is 19.3 Å². The molecule has 1 aromatic carbocycles. The normalized spacial score (nSPS) is 22.4. The molecule has 2 aliphatic heterocycles. The molecule has 2 heterocycles. The van der Waals surface area contributed by atoms with Gasteiger partial charge in [0.15, 0.2) is 6.61 Å². The third kappa shape index (κ3) is 5.11. The highest BCUT2D eigenvalue weighted by Crippen LogP contribution is 2.21. The predicted octanol–water partition coefficient (Wildman–Crippen LogP) is 1.55. The summed E-state index contributed by atoms with van der Waals surface area (Å²) in [5.74, 6) is 0.704. The van der Waals surface area contributed by atoms with Crippen LogP contribution in [0, 0.1) is 5.92 Å². The van der Waals surface area contributed by atoms with E-state index in [1.165, 1.54) is 0 Å². The lowest BCUT2D eigenvalue weighted by molar-refractivity contribution is -0.142. The molecule has 2 saturated heterocycles. The minimum atomic E-state index is -0.0972. The molecule has 0 bridgehead atoms. The minimum Gasteiger partial charge on any atom is -0.484 e. The Bertz CT molecular complexity index is 593. The van der Waals surface area contributed by atoms with E-state index in [0.717, 1.165) is 32.4 Å². The van der Waals surface area contributed by atoms with E-state index in [0.29, 0.717) is 18.8 Å². The van der Waals surface area contributed by atoms with E-state index in [1.807, 2.05) is 42.3 Å². The zero-order valence-electron chi connectivity index (χ0n) is 15.2. The second-order valence-electron chi connectivity index (χ2n) is 6.88. The summed E-state index contributed by atoms with van der Waals surface area (Å²) >= 11 is 0. The van der Waals surface area contributed by atoms with Crippen molar-refractivity contribution in [2.45, 2.75) is 25.3 Å². The van der Waals surface area contributed by atoms with Crippen LogP contribution < -0.4 is 10.1 Å². The molecule has 0 aromatic heterocycles. The molecule has 2 aliphatic rings.